The molecule has 1 aromatic heterocycles. The number of pyridine rings is 1. The lowest BCUT2D eigenvalue weighted by atomic mass is 9.85. The minimum atomic E-state index is 0.0183. The maximum Gasteiger partial charge on any atom is 0.253 e. The molecule has 0 spiro atoms. The van der Waals surface area contributed by atoms with Crippen LogP contribution in [-0.4, -0.2) is 40.9 Å². The number of hydrogen-bond donors (Lipinski definition) is 1. The van der Waals surface area contributed by atoms with Crippen LogP contribution in [0.2, 0.25) is 5.02 Å². The highest BCUT2D eigenvalue weighted by Crippen LogP contribution is 2.28. The molecule has 152 valence electrons. The minimum absolute atomic E-state index is 0.0183. The number of ether oxygens (including phenoxy) is 1. The lowest BCUT2D eigenvalue weighted by Gasteiger charge is -2.32. The zero-order chi connectivity index (χ0) is 20.2. The number of benzene rings is 1. The normalized spacial score (nSPS) is 17.5. The Balaban J connectivity index is 1.25. The SMILES string of the molecule is O=C(Nc1ccc(OC2CCN(C(=O)c3ccc(Cl)cc3)CC2)nc1)C1CCC1. The van der Waals surface area contributed by atoms with Crippen molar-refractivity contribution < 1.29 is 14.3 Å². The van der Waals surface area contributed by atoms with Gasteiger partial charge < -0.3 is 15.0 Å². The second-order valence-corrected chi connectivity index (χ2v) is 8.05. The van der Waals surface area contributed by atoms with Crippen LogP contribution in [0.4, 0.5) is 5.69 Å². The molecule has 2 fully saturated rings. The molecule has 1 aromatic carbocycles. The van der Waals surface area contributed by atoms with Gasteiger partial charge in [-0.05, 0) is 43.2 Å². The first kappa shape index (κ1) is 19.7. The molecule has 0 radical (unpaired) electrons. The van der Waals surface area contributed by atoms with E-state index in [1.54, 1.807) is 36.5 Å². The number of nitrogens with one attached hydrogen (secondary N) is 1. The first-order valence-corrected chi connectivity index (χ1v) is 10.4. The predicted molar refractivity (Wildman–Crippen MR) is 111 cm³/mol. The summed E-state index contributed by atoms with van der Waals surface area (Å²) in [7, 11) is 0. The van der Waals surface area contributed by atoms with Crippen LogP contribution in [0.5, 0.6) is 5.88 Å². The summed E-state index contributed by atoms with van der Waals surface area (Å²) in [5, 5.41) is 3.52. The summed E-state index contributed by atoms with van der Waals surface area (Å²) < 4.78 is 5.97. The van der Waals surface area contributed by atoms with Gasteiger partial charge in [0, 0.05) is 48.5 Å². The topological polar surface area (TPSA) is 71.5 Å². The number of aromatic nitrogens is 1. The monoisotopic (exact) mass is 413 g/mol. The summed E-state index contributed by atoms with van der Waals surface area (Å²) in [4.78, 5) is 30.7. The lowest BCUT2D eigenvalue weighted by molar-refractivity contribution is -0.122. The van der Waals surface area contributed by atoms with Crippen molar-refractivity contribution in [2.45, 2.75) is 38.2 Å². The number of anilines is 1. The van der Waals surface area contributed by atoms with E-state index in [2.05, 4.69) is 10.3 Å². The molecule has 0 bridgehead atoms. The van der Waals surface area contributed by atoms with E-state index in [-0.39, 0.29) is 23.8 Å². The number of carbonyl (C=O) groups excluding carboxylic acids is 2. The maximum absolute atomic E-state index is 12.6. The third-order valence-corrected chi connectivity index (χ3v) is 5.84. The third kappa shape index (κ3) is 4.88. The molecule has 0 atom stereocenters. The Morgan fingerprint density at radius 2 is 1.76 bits per heavy atom. The second kappa shape index (κ2) is 8.82. The number of amides is 2. The van der Waals surface area contributed by atoms with Crippen molar-refractivity contribution in [1.82, 2.24) is 9.88 Å². The Bertz CT molecular complexity index is 858. The zero-order valence-electron chi connectivity index (χ0n) is 16.1. The summed E-state index contributed by atoms with van der Waals surface area (Å²) in [6, 6.07) is 10.6. The summed E-state index contributed by atoms with van der Waals surface area (Å²) >= 11 is 5.89. The van der Waals surface area contributed by atoms with Gasteiger partial charge >= 0.3 is 0 Å². The molecule has 2 aromatic rings. The Morgan fingerprint density at radius 3 is 2.34 bits per heavy atom. The van der Waals surface area contributed by atoms with Crippen molar-refractivity contribution in [3.8, 4) is 5.88 Å². The third-order valence-electron chi connectivity index (χ3n) is 5.59. The number of hydrogen-bond acceptors (Lipinski definition) is 4. The van der Waals surface area contributed by atoms with E-state index >= 15 is 0 Å². The van der Waals surface area contributed by atoms with Gasteiger partial charge in [0.05, 0.1) is 11.9 Å². The minimum Gasteiger partial charge on any atom is -0.474 e. The van der Waals surface area contributed by atoms with E-state index in [0.717, 1.165) is 32.1 Å². The van der Waals surface area contributed by atoms with E-state index in [4.69, 9.17) is 16.3 Å². The summed E-state index contributed by atoms with van der Waals surface area (Å²) in [6.07, 6.45) is 6.23. The molecule has 2 amide bonds. The van der Waals surface area contributed by atoms with Crippen LogP contribution in [0.1, 0.15) is 42.5 Å². The van der Waals surface area contributed by atoms with Crippen LogP contribution in [0.3, 0.4) is 0 Å². The molecular formula is C22H24ClN3O3. The highest BCUT2D eigenvalue weighted by Gasteiger charge is 2.26. The molecule has 4 rings (SSSR count). The van der Waals surface area contributed by atoms with Crippen molar-refractivity contribution in [3.05, 3.63) is 53.2 Å². The largest absolute Gasteiger partial charge is 0.474 e. The van der Waals surface area contributed by atoms with Gasteiger partial charge in [-0.15, -0.1) is 0 Å². The predicted octanol–water partition coefficient (Wildman–Crippen LogP) is 4.16. The molecule has 0 unspecified atom stereocenters. The average Bonchev–Trinajstić information content (AvgIpc) is 2.69. The summed E-state index contributed by atoms with van der Waals surface area (Å²) in [5.74, 6) is 0.773. The van der Waals surface area contributed by atoms with Crippen molar-refractivity contribution in [3.63, 3.8) is 0 Å². The summed E-state index contributed by atoms with van der Waals surface area (Å²) in [6.45, 7) is 1.28. The van der Waals surface area contributed by atoms with Crippen molar-refractivity contribution in [2.24, 2.45) is 5.92 Å². The number of nitrogens with zero attached hydrogens (tertiary/aromatic N) is 2. The Kier molecular flexibility index (Phi) is 6.00. The highest BCUT2D eigenvalue weighted by atomic mass is 35.5. The summed E-state index contributed by atoms with van der Waals surface area (Å²) in [5.41, 5.74) is 1.34. The van der Waals surface area contributed by atoms with Crippen LogP contribution in [0.15, 0.2) is 42.6 Å². The fraction of sp³-hybridized carbons (Fsp3) is 0.409. The lowest BCUT2D eigenvalue weighted by Crippen LogP contribution is -2.41. The van der Waals surface area contributed by atoms with Gasteiger partial charge in [-0.1, -0.05) is 18.0 Å². The first-order chi connectivity index (χ1) is 14.1. The Labute approximate surface area is 175 Å². The van der Waals surface area contributed by atoms with Crippen LogP contribution in [0.25, 0.3) is 0 Å². The molecule has 1 N–H and O–H groups in total. The second-order valence-electron chi connectivity index (χ2n) is 7.62. The highest BCUT2D eigenvalue weighted by molar-refractivity contribution is 6.30. The molecule has 1 saturated carbocycles. The molecule has 1 aliphatic carbocycles. The number of halogens is 1. The number of piperidine rings is 1. The number of likely N-dealkylation sites (tertiary alicyclic amines) is 1. The quantitative estimate of drug-likeness (QED) is 0.799. The van der Waals surface area contributed by atoms with Crippen LogP contribution < -0.4 is 10.1 Å². The molecule has 2 aliphatic rings. The van der Waals surface area contributed by atoms with Gasteiger partial charge in [-0.2, -0.15) is 0 Å². The maximum atomic E-state index is 12.6. The fourth-order valence-corrected chi connectivity index (χ4v) is 3.69. The average molecular weight is 414 g/mol. The van der Waals surface area contributed by atoms with Crippen molar-refractivity contribution >= 4 is 29.1 Å². The van der Waals surface area contributed by atoms with E-state index < -0.39 is 0 Å². The number of carbonyl (C=O) groups is 2. The van der Waals surface area contributed by atoms with Crippen molar-refractivity contribution in [1.29, 1.82) is 0 Å². The van der Waals surface area contributed by atoms with E-state index in [1.165, 1.54) is 0 Å². The van der Waals surface area contributed by atoms with Gasteiger partial charge in [-0.25, -0.2) is 4.98 Å². The van der Waals surface area contributed by atoms with Crippen LogP contribution in [-0.2, 0) is 4.79 Å². The number of rotatable bonds is 5. The van der Waals surface area contributed by atoms with Gasteiger partial charge in [0.15, 0.2) is 0 Å². The van der Waals surface area contributed by atoms with E-state index in [1.807, 2.05) is 11.0 Å². The smallest absolute Gasteiger partial charge is 0.253 e. The first-order valence-electron chi connectivity index (χ1n) is 10.1. The Morgan fingerprint density at radius 1 is 1.03 bits per heavy atom. The fourth-order valence-electron chi connectivity index (χ4n) is 3.56. The molecule has 1 aliphatic heterocycles. The van der Waals surface area contributed by atoms with Gasteiger partial charge in [0.1, 0.15) is 6.10 Å². The van der Waals surface area contributed by atoms with Gasteiger partial charge in [0.2, 0.25) is 11.8 Å². The zero-order valence-corrected chi connectivity index (χ0v) is 16.9. The molecular weight excluding hydrogens is 390 g/mol. The van der Waals surface area contributed by atoms with E-state index in [9.17, 15) is 9.59 Å². The Hall–Kier alpha value is -2.60. The molecule has 7 heteroatoms. The van der Waals surface area contributed by atoms with Crippen molar-refractivity contribution in [2.75, 3.05) is 18.4 Å². The van der Waals surface area contributed by atoms with Gasteiger partial charge in [-0.3, -0.25) is 9.59 Å². The molecule has 29 heavy (non-hydrogen) atoms. The van der Waals surface area contributed by atoms with Gasteiger partial charge in [0.25, 0.3) is 5.91 Å². The molecule has 2 heterocycles. The van der Waals surface area contributed by atoms with Crippen LogP contribution in [0, 0.1) is 5.92 Å². The molecule has 6 nitrogen and oxygen atoms in total. The standard InChI is InChI=1S/C22H24ClN3O3/c23-17-6-4-16(5-7-17)22(28)26-12-10-19(11-13-26)29-20-9-8-18(14-24-20)25-21(27)15-2-1-3-15/h4-9,14-15,19H,1-3,10-13H2,(H,25,27). The van der Waals surface area contributed by atoms with E-state index in [0.29, 0.717) is 35.2 Å². The van der Waals surface area contributed by atoms with Crippen LogP contribution >= 0.6 is 11.6 Å². The molecule has 1 saturated heterocycles.